The molecule has 3 amide bonds. The first-order chi connectivity index (χ1) is 11.9. The Kier molecular flexibility index (Phi) is 6.56. The minimum Gasteiger partial charge on any atom is -0.356 e. The summed E-state index contributed by atoms with van der Waals surface area (Å²) in [6.45, 7) is 7.28. The Balaban J connectivity index is 2.01. The van der Waals surface area contributed by atoms with E-state index >= 15 is 0 Å². The number of carbonyl (C=O) groups excluding carboxylic acids is 3. The van der Waals surface area contributed by atoms with E-state index in [-0.39, 0.29) is 23.6 Å². The van der Waals surface area contributed by atoms with Gasteiger partial charge in [0.05, 0.1) is 5.92 Å². The molecule has 0 bridgehead atoms. The van der Waals surface area contributed by atoms with Gasteiger partial charge in [-0.25, -0.2) is 0 Å². The molecule has 6 heteroatoms. The fourth-order valence-electron chi connectivity index (χ4n) is 2.94. The summed E-state index contributed by atoms with van der Waals surface area (Å²) < 4.78 is 0. The quantitative estimate of drug-likeness (QED) is 0.859. The number of hydrogen-bond acceptors (Lipinski definition) is 3. The van der Waals surface area contributed by atoms with Crippen molar-refractivity contribution in [3.8, 4) is 0 Å². The molecule has 1 heterocycles. The molecule has 2 N–H and O–H groups in total. The predicted octanol–water partition coefficient (Wildman–Crippen LogP) is 2.27. The van der Waals surface area contributed by atoms with Gasteiger partial charge in [0.25, 0.3) is 5.91 Å². The number of carbonyl (C=O) groups is 3. The summed E-state index contributed by atoms with van der Waals surface area (Å²) in [6, 6.07) is 6.90. The number of hydrogen-bond donors (Lipinski definition) is 2. The molecule has 25 heavy (non-hydrogen) atoms. The fraction of sp³-hybridized carbons (Fsp3) is 0.526. The SMILES string of the molecule is CC(=O)Nc1cccc(C(=O)N2CCCC(C(=O)NCC(C)C)C2)c1. The van der Waals surface area contributed by atoms with E-state index < -0.39 is 0 Å². The van der Waals surface area contributed by atoms with Crippen molar-refractivity contribution in [2.24, 2.45) is 11.8 Å². The van der Waals surface area contributed by atoms with Crippen LogP contribution in [0.5, 0.6) is 0 Å². The molecule has 1 unspecified atom stereocenters. The van der Waals surface area contributed by atoms with Crippen molar-refractivity contribution < 1.29 is 14.4 Å². The van der Waals surface area contributed by atoms with E-state index in [4.69, 9.17) is 0 Å². The molecule has 0 saturated carbocycles. The Morgan fingerprint density at radius 1 is 1.28 bits per heavy atom. The maximum absolute atomic E-state index is 12.8. The average Bonchev–Trinajstić information content (AvgIpc) is 2.58. The highest BCUT2D eigenvalue weighted by atomic mass is 16.2. The maximum atomic E-state index is 12.8. The summed E-state index contributed by atoms with van der Waals surface area (Å²) >= 11 is 0. The highest BCUT2D eigenvalue weighted by Gasteiger charge is 2.28. The van der Waals surface area contributed by atoms with E-state index in [2.05, 4.69) is 24.5 Å². The van der Waals surface area contributed by atoms with Crippen LogP contribution in [0, 0.1) is 11.8 Å². The fourth-order valence-corrected chi connectivity index (χ4v) is 2.94. The molecular formula is C19H27N3O3. The van der Waals surface area contributed by atoms with Crippen molar-refractivity contribution in [2.45, 2.75) is 33.6 Å². The number of nitrogens with zero attached hydrogens (tertiary/aromatic N) is 1. The first-order valence-corrected chi connectivity index (χ1v) is 8.81. The number of piperidine rings is 1. The van der Waals surface area contributed by atoms with Crippen LogP contribution in [0.25, 0.3) is 0 Å². The summed E-state index contributed by atoms with van der Waals surface area (Å²) in [5.41, 5.74) is 1.12. The summed E-state index contributed by atoms with van der Waals surface area (Å²) in [5.74, 6) is -0.00649. The van der Waals surface area contributed by atoms with E-state index in [0.717, 1.165) is 12.8 Å². The zero-order valence-corrected chi connectivity index (χ0v) is 15.2. The molecule has 136 valence electrons. The lowest BCUT2D eigenvalue weighted by Gasteiger charge is -2.32. The lowest BCUT2D eigenvalue weighted by atomic mass is 9.96. The second-order valence-corrected chi connectivity index (χ2v) is 6.99. The van der Waals surface area contributed by atoms with Gasteiger partial charge in [0.1, 0.15) is 0 Å². The van der Waals surface area contributed by atoms with Gasteiger partial charge in [-0.3, -0.25) is 14.4 Å². The van der Waals surface area contributed by atoms with Crippen molar-refractivity contribution in [1.82, 2.24) is 10.2 Å². The van der Waals surface area contributed by atoms with Gasteiger partial charge in [-0.05, 0) is 37.0 Å². The molecule has 1 saturated heterocycles. The molecule has 0 aromatic heterocycles. The third-order valence-corrected chi connectivity index (χ3v) is 4.19. The van der Waals surface area contributed by atoms with Crippen molar-refractivity contribution in [3.05, 3.63) is 29.8 Å². The average molecular weight is 345 g/mol. The van der Waals surface area contributed by atoms with Crippen LogP contribution in [-0.2, 0) is 9.59 Å². The monoisotopic (exact) mass is 345 g/mol. The van der Waals surface area contributed by atoms with Crippen molar-refractivity contribution >= 4 is 23.4 Å². The second-order valence-electron chi connectivity index (χ2n) is 6.99. The summed E-state index contributed by atoms with van der Waals surface area (Å²) in [7, 11) is 0. The molecule has 0 aliphatic carbocycles. The summed E-state index contributed by atoms with van der Waals surface area (Å²) in [6.07, 6.45) is 1.62. The highest BCUT2D eigenvalue weighted by Crippen LogP contribution is 2.20. The van der Waals surface area contributed by atoms with E-state index in [1.165, 1.54) is 6.92 Å². The molecule has 1 aliphatic rings. The number of benzene rings is 1. The van der Waals surface area contributed by atoms with Crippen LogP contribution in [0.2, 0.25) is 0 Å². The number of rotatable bonds is 5. The Bertz CT molecular complexity index is 643. The van der Waals surface area contributed by atoms with Gasteiger partial charge in [0, 0.05) is 37.8 Å². The molecule has 1 atom stereocenters. The lowest BCUT2D eigenvalue weighted by Crippen LogP contribution is -2.46. The topological polar surface area (TPSA) is 78.5 Å². The molecule has 1 aromatic rings. The maximum Gasteiger partial charge on any atom is 0.253 e. The Hall–Kier alpha value is -2.37. The molecular weight excluding hydrogens is 318 g/mol. The minimum absolute atomic E-state index is 0.0261. The highest BCUT2D eigenvalue weighted by molar-refractivity contribution is 5.97. The van der Waals surface area contributed by atoms with Crippen molar-refractivity contribution in [2.75, 3.05) is 25.0 Å². The normalized spacial score (nSPS) is 17.3. The van der Waals surface area contributed by atoms with Crippen LogP contribution in [-0.4, -0.2) is 42.3 Å². The molecule has 2 rings (SSSR count). The number of nitrogens with one attached hydrogen (secondary N) is 2. The molecule has 1 aliphatic heterocycles. The van der Waals surface area contributed by atoms with Gasteiger partial charge in [-0.2, -0.15) is 0 Å². The predicted molar refractivity (Wildman–Crippen MR) is 97.2 cm³/mol. The number of amides is 3. The smallest absolute Gasteiger partial charge is 0.253 e. The minimum atomic E-state index is -0.176. The zero-order valence-electron chi connectivity index (χ0n) is 15.2. The van der Waals surface area contributed by atoms with Gasteiger partial charge >= 0.3 is 0 Å². The molecule has 1 aromatic carbocycles. The van der Waals surface area contributed by atoms with E-state index in [0.29, 0.717) is 36.8 Å². The Labute approximate surface area is 149 Å². The standard InChI is InChI=1S/C19H27N3O3/c1-13(2)11-20-18(24)16-7-5-9-22(12-16)19(25)15-6-4-8-17(10-15)21-14(3)23/h4,6,8,10,13,16H,5,7,9,11-12H2,1-3H3,(H,20,24)(H,21,23). The second kappa shape index (κ2) is 8.65. The first-order valence-electron chi connectivity index (χ1n) is 8.81. The third kappa shape index (κ3) is 5.59. The van der Waals surface area contributed by atoms with E-state index in [9.17, 15) is 14.4 Å². The van der Waals surface area contributed by atoms with Crippen LogP contribution in [0.15, 0.2) is 24.3 Å². The lowest BCUT2D eigenvalue weighted by molar-refractivity contribution is -0.126. The van der Waals surface area contributed by atoms with Gasteiger partial charge in [-0.15, -0.1) is 0 Å². The largest absolute Gasteiger partial charge is 0.356 e. The molecule has 1 fully saturated rings. The Morgan fingerprint density at radius 3 is 2.72 bits per heavy atom. The van der Waals surface area contributed by atoms with Crippen LogP contribution >= 0.6 is 0 Å². The van der Waals surface area contributed by atoms with Crippen LogP contribution in [0.4, 0.5) is 5.69 Å². The van der Waals surface area contributed by atoms with Crippen molar-refractivity contribution in [1.29, 1.82) is 0 Å². The van der Waals surface area contributed by atoms with E-state index in [1.54, 1.807) is 29.2 Å². The van der Waals surface area contributed by atoms with Crippen LogP contribution in [0.3, 0.4) is 0 Å². The summed E-state index contributed by atoms with van der Waals surface area (Å²) in [5, 5.41) is 5.64. The van der Waals surface area contributed by atoms with Crippen molar-refractivity contribution in [3.63, 3.8) is 0 Å². The zero-order chi connectivity index (χ0) is 18.4. The molecule has 0 spiro atoms. The van der Waals surface area contributed by atoms with Gasteiger partial charge in [0.15, 0.2) is 0 Å². The number of likely N-dealkylation sites (tertiary alicyclic amines) is 1. The Morgan fingerprint density at radius 2 is 2.04 bits per heavy atom. The van der Waals surface area contributed by atoms with Gasteiger partial charge in [0.2, 0.25) is 11.8 Å². The van der Waals surface area contributed by atoms with Gasteiger partial charge in [-0.1, -0.05) is 19.9 Å². The van der Waals surface area contributed by atoms with E-state index in [1.807, 2.05) is 0 Å². The third-order valence-electron chi connectivity index (χ3n) is 4.19. The number of anilines is 1. The van der Waals surface area contributed by atoms with Gasteiger partial charge < -0.3 is 15.5 Å². The molecule has 0 radical (unpaired) electrons. The molecule has 6 nitrogen and oxygen atoms in total. The first kappa shape index (κ1) is 19.0. The van der Waals surface area contributed by atoms with Crippen LogP contribution in [0.1, 0.15) is 44.0 Å². The summed E-state index contributed by atoms with van der Waals surface area (Å²) in [4.78, 5) is 37.9. The van der Waals surface area contributed by atoms with Crippen LogP contribution < -0.4 is 10.6 Å².